The van der Waals surface area contributed by atoms with E-state index in [0.717, 1.165) is 25.9 Å². The van der Waals surface area contributed by atoms with Crippen LogP contribution in [-0.4, -0.2) is 61.7 Å². The van der Waals surface area contributed by atoms with Gasteiger partial charge in [0.1, 0.15) is 5.75 Å². The largest absolute Gasteiger partial charge is 0.492 e. The number of hydrogen-bond donors (Lipinski definition) is 2. The summed E-state index contributed by atoms with van der Waals surface area (Å²) in [4.78, 5) is 38.4. The van der Waals surface area contributed by atoms with Gasteiger partial charge in [-0.25, -0.2) is 5.43 Å². The van der Waals surface area contributed by atoms with Gasteiger partial charge in [-0.05, 0) is 62.6 Å². The summed E-state index contributed by atoms with van der Waals surface area (Å²) in [6.45, 7) is 5.94. The van der Waals surface area contributed by atoms with E-state index in [2.05, 4.69) is 15.8 Å². The van der Waals surface area contributed by atoms with Crippen LogP contribution in [0.4, 0.5) is 5.69 Å². The fraction of sp³-hybridized carbons (Fsp3) is 0.360. The van der Waals surface area contributed by atoms with E-state index in [0.29, 0.717) is 41.7 Å². The molecule has 35 heavy (non-hydrogen) atoms. The van der Waals surface area contributed by atoms with Gasteiger partial charge >= 0.3 is 11.8 Å². The monoisotopic (exact) mass is 482 g/mol. The number of anilines is 1. The summed E-state index contributed by atoms with van der Waals surface area (Å²) in [5.74, 6) is -0.517. The first kappa shape index (κ1) is 25.5. The molecule has 0 aliphatic carbocycles. The molecule has 0 spiro atoms. The van der Waals surface area contributed by atoms with E-state index >= 15 is 0 Å². The average molecular weight is 483 g/mol. The SMILES string of the molecule is CCOc1ccccc1NC(=O)C(=O)N/N=C\c1ccc(OCC(=O)N2CCCC2)c(OCC)c1. The number of ether oxygens (including phenoxy) is 3. The number of hydrogen-bond acceptors (Lipinski definition) is 7. The first-order chi connectivity index (χ1) is 17.0. The van der Waals surface area contributed by atoms with Crippen molar-refractivity contribution in [2.45, 2.75) is 26.7 Å². The molecule has 0 saturated carbocycles. The highest BCUT2D eigenvalue weighted by molar-refractivity contribution is 6.39. The number of nitrogens with one attached hydrogen (secondary N) is 2. The van der Waals surface area contributed by atoms with E-state index in [1.807, 2.05) is 13.8 Å². The molecule has 10 nitrogen and oxygen atoms in total. The lowest BCUT2D eigenvalue weighted by Gasteiger charge is -2.17. The van der Waals surface area contributed by atoms with Gasteiger partial charge < -0.3 is 24.4 Å². The fourth-order valence-corrected chi connectivity index (χ4v) is 3.44. The average Bonchev–Trinajstić information content (AvgIpc) is 3.40. The summed E-state index contributed by atoms with van der Waals surface area (Å²) in [5, 5.41) is 6.35. The van der Waals surface area contributed by atoms with Crippen molar-refractivity contribution in [3.8, 4) is 17.2 Å². The van der Waals surface area contributed by atoms with Crippen molar-refractivity contribution in [1.29, 1.82) is 0 Å². The summed E-state index contributed by atoms with van der Waals surface area (Å²) < 4.78 is 16.7. The van der Waals surface area contributed by atoms with Crippen LogP contribution in [0, 0.1) is 0 Å². The molecule has 1 aliphatic rings. The molecule has 1 saturated heterocycles. The molecule has 1 aliphatic heterocycles. The Labute approximate surface area is 204 Å². The van der Waals surface area contributed by atoms with Gasteiger partial charge in [-0.3, -0.25) is 14.4 Å². The molecule has 1 heterocycles. The number of amides is 3. The second-order valence-corrected chi connectivity index (χ2v) is 7.60. The van der Waals surface area contributed by atoms with Gasteiger partial charge in [0, 0.05) is 13.1 Å². The summed E-state index contributed by atoms with van der Waals surface area (Å²) in [7, 11) is 0. The third-order valence-electron chi connectivity index (χ3n) is 5.10. The smallest absolute Gasteiger partial charge is 0.329 e. The van der Waals surface area contributed by atoms with Gasteiger partial charge in [-0.2, -0.15) is 5.10 Å². The predicted molar refractivity (Wildman–Crippen MR) is 131 cm³/mol. The van der Waals surface area contributed by atoms with Crippen molar-refractivity contribution < 1.29 is 28.6 Å². The first-order valence-corrected chi connectivity index (χ1v) is 11.6. The second-order valence-electron chi connectivity index (χ2n) is 7.60. The highest BCUT2D eigenvalue weighted by Gasteiger charge is 2.19. The van der Waals surface area contributed by atoms with Crippen LogP contribution in [0.2, 0.25) is 0 Å². The molecule has 0 atom stereocenters. The Hall–Kier alpha value is -4.08. The number of para-hydroxylation sites is 2. The molecular weight excluding hydrogens is 452 g/mol. The third kappa shape index (κ3) is 7.46. The van der Waals surface area contributed by atoms with Crippen LogP contribution in [0.5, 0.6) is 17.2 Å². The molecule has 3 amide bonds. The zero-order valence-electron chi connectivity index (χ0n) is 19.9. The van der Waals surface area contributed by atoms with E-state index in [1.54, 1.807) is 47.4 Å². The zero-order valence-corrected chi connectivity index (χ0v) is 19.9. The van der Waals surface area contributed by atoms with Crippen LogP contribution < -0.4 is 25.0 Å². The van der Waals surface area contributed by atoms with Crippen molar-refractivity contribution in [2.75, 3.05) is 38.2 Å². The zero-order chi connectivity index (χ0) is 25.0. The Kier molecular flexibility index (Phi) is 9.47. The number of likely N-dealkylation sites (tertiary alicyclic amines) is 1. The normalized spacial score (nSPS) is 12.9. The molecule has 1 fully saturated rings. The maximum absolute atomic E-state index is 12.2. The number of carbonyl (C=O) groups excluding carboxylic acids is 3. The summed E-state index contributed by atoms with van der Waals surface area (Å²) in [5.41, 5.74) is 3.19. The molecule has 2 aromatic carbocycles. The lowest BCUT2D eigenvalue weighted by atomic mass is 10.2. The Bertz CT molecular complexity index is 1070. The molecule has 186 valence electrons. The fourth-order valence-electron chi connectivity index (χ4n) is 3.44. The summed E-state index contributed by atoms with van der Waals surface area (Å²) >= 11 is 0. The van der Waals surface area contributed by atoms with Crippen molar-refractivity contribution in [2.24, 2.45) is 5.10 Å². The molecule has 0 aromatic heterocycles. The Morgan fingerprint density at radius 3 is 2.37 bits per heavy atom. The van der Waals surface area contributed by atoms with E-state index < -0.39 is 11.8 Å². The van der Waals surface area contributed by atoms with Crippen LogP contribution in [0.25, 0.3) is 0 Å². The molecule has 2 aromatic rings. The first-order valence-electron chi connectivity index (χ1n) is 11.6. The maximum Gasteiger partial charge on any atom is 0.329 e. The Morgan fingerprint density at radius 2 is 1.63 bits per heavy atom. The summed E-state index contributed by atoms with van der Waals surface area (Å²) in [6, 6.07) is 11.9. The molecule has 0 bridgehead atoms. The van der Waals surface area contributed by atoms with E-state index in [9.17, 15) is 14.4 Å². The van der Waals surface area contributed by atoms with E-state index in [1.165, 1.54) is 6.21 Å². The number of carbonyl (C=O) groups is 3. The third-order valence-corrected chi connectivity index (χ3v) is 5.10. The highest BCUT2D eigenvalue weighted by Crippen LogP contribution is 2.28. The van der Waals surface area contributed by atoms with Crippen LogP contribution in [-0.2, 0) is 14.4 Å². The lowest BCUT2D eigenvalue weighted by molar-refractivity contribution is -0.136. The van der Waals surface area contributed by atoms with Gasteiger partial charge in [-0.1, -0.05) is 12.1 Å². The van der Waals surface area contributed by atoms with Crippen molar-refractivity contribution >= 4 is 29.6 Å². The molecule has 2 N–H and O–H groups in total. The van der Waals surface area contributed by atoms with Gasteiger partial charge in [0.05, 0.1) is 25.1 Å². The Balaban J connectivity index is 1.56. The molecular formula is C25H30N4O6. The quantitative estimate of drug-likeness (QED) is 0.305. The predicted octanol–water partition coefficient (Wildman–Crippen LogP) is 2.57. The Morgan fingerprint density at radius 1 is 0.914 bits per heavy atom. The van der Waals surface area contributed by atoms with E-state index in [4.69, 9.17) is 14.2 Å². The van der Waals surface area contributed by atoms with Gasteiger partial charge in [0.25, 0.3) is 5.91 Å². The number of nitrogens with zero attached hydrogens (tertiary/aromatic N) is 2. The molecule has 10 heteroatoms. The van der Waals surface area contributed by atoms with Crippen LogP contribution >= 0.6 is 0 Å². The minimum absolute atomic E-state index is 0.0551. The van der Waals surface area contributed by atoms with Crippen LogP contribution in [0.15, 0.2) is 47.6 Å². The summed E-state index contributed by atoms with van der Waals surface area (Å²) in [6.07, 6.45) is 3.41. The van der Waals surface area contributed by atoms with Crippen molar-refractivity contribution in [3.05, 3.63) is 48.0 Å². The highest BCUT2D eigenvalue weighted by atomic mass is 16.5. The van der Waals surface area contributed by atoms with Gasteiger partial charge in [0.15, 0.2) is 18.1 Å². The minimum Gasteiger partial charge on any atom is -0.492 e. The van der Waals surface area contributed by atoms with Crippen LogP contribution in [0.1, 0.15) is 32.3 Å². The van der Waals surface area contributed by atoms with Gasteiger partial charge in [0.2, 0.25) is 0 Å². The van der Waals surface area contributed by atoms with Gasteiger partial charge in [-0.15, -0.1) is 0 Å². The van der Waals surface area contributed by atoms with Crippen LogP contribution in [0.3, 0.4) is 0 Å². The standard InChI is InChI=1S/C25H30N4O6/c1-3-33-20-10-6-5-9-19(20)27-24(31)25(32)28-26-16-18-11-12-21(22(15-18)34-4-2)35-17-23(30)29-13-7-8-14-29/h5-6,9-12,15-16H,3-4,7-8,13-14,17H2,1-2H3,(H,27,31)(H,28,32)/b26-16-. The lowest BCUT2D eigenvalue weighted by Crippen LogP contribution is -2.32. The molecule has 3 rings (SSSR count). The van der Waals surface area contributed by atoms with Crippen molar-refractivity contribution in [3.63, 3.8) is 0 Å². The van der Waals surface area contributed by atoms with Crippen molar-refractivity contribution in [1.82, 2.24) is 10.3 Å². The number of rotatable bonds is 10. The number of benzene rings is 2. The topological polar surface area (TPSA) is 119 Å². The maximum atomic E-state index is 12.2. The minimum atomic E-state index is -0.932. The molecule has 0 radical (unpaired) electrons. The van der Waals surface area contributed by atoms with E-state index in [-0.39, 0.29) is 12.5 Å². The number of hydrazone groups is 1. The molecule has 0 unspecified atom stereocenters. The second kappa shape index (κ2) is 13.0.